The van der Waals surface area contributed by atoms with E-state index in [1.807, 2.05) is 0 Å². The first-order chi connectivity index (χ1) is 10.1. The van der Waals surface area contributed by atoms with Gasteiger partial charge in [-0.3, -0.25) is 5.32 Å². The van der Waals surface area contributed by atoms with Crippen LogP contribution in [0.3, 0.4) is 0 Å². The van der Waals surface area contributed by atoms with Crippen LogP contribution in [0.2, 0.25) is 0 Å². The molecule has 0 aliphatic rings. The summed E-state index contributed by atoms with van der Waals surface area (Å²) in [5.74, 6) is -0.490. The van der Waals surface area contributed by atoms with E-state index >= 15 is 0 Å². The van der Waals surface area contributed by atoms with Crippen molar-refractivity contribution < 1.29 is 21.5 Å². The Morgan fingerprint density at radius 3 is 2.81 bits per heavy atom. The molecule has 6 nitrogen and oxygen atoms in total. The average Bonchev–Trinajstić information content (AvgIpc) is 2.45. The van der Waals surface area contributed by atoms with Crippen molar-refractivity contribution >= 4 is 27.7 Å². The number of anilines is 1. The smallest absolute Gasteiger partial charge is 0.423 e. The van der Waals surface area contributed by atoms with Crippen molar-refractivity contribution in [3.63, 3.8) is 0 Å². The standard InChI is InChI=1S/C13H7BrFN3O3.2H2/c1-2-20-13(19)18-10-7-11(8(14)6-9(10)15)21-12-16-4-3-5-17-12;;/h1,3-7H,(H,18,19);2*1H. The Bertz CT molecular complexity index is 714. The van der Waals surface area contributed by atoms with Gasteiger partial charge in [-0.05, 0) is 28.1 Å². The van der Waals surface area contributed by atoms with E-state index in [0.29, 0.717) is 4.47 Å². The average molecular weight is 356 g/mol. The minimum Gasteiger partial charge on any atom is -0.423 e. The minimum atomic E-state index is -0.986. The van der Waals surface area contributed by atoms with Gasteiger partial charge in [-0.15, -0.1) is 0 Å². The van der Waals surface area contributed by atoms with Crippen LogP contribution < -0.4 is 10.1 Å². The third kappa shape index (κ3) is 3.90. The van der Waals surface area contributed by atoms with Gasteiger partial charge in [-0.25, -0.2) is 19.2 Å². The largest absolute Gasteiger partial charge is 0.425 e. The molecule has 2 rings (SSSR count). The summed E-state index contributed by atoms with van der Waals surface area (Å²) in [7, 11) is 0. The molecule has 8 heteroatoms. The predicted octanol–water partition coefficient (Wildman–Crippen LogP) is 3.80. The predicted molar refractivity (Wildman–Crippen MR) is 79.4 cm³/mol. The number of carbonyl (C=O) groups excluding carboxylic acids is 1. The van der Waals surface area contributed by atoms with Gasteiger partial charge < -0.3 is 9.47 Å². The second kappa shape index (κ2) is 6.67. The topological polar surface area (TPSA) is 73.3 Å². The van der Waals surface area contributed by atoms with Crippen molar-refractivity contribution in [2.45, 2.75) is 0 Å². The highest BCUT2D eigenvalue weighted by Crippen LogP contribution is 2.33. The van der Waals surface area contributed by atoms with E-state index in [0.717, 1.165) is 6.07 Å². The molecule has 1 amide bonds. The first-order valence-electron chi connectivity index (χ1n) is 5.47. The van der Waals surface area contributed by atoms with Crippen LogP contribution in [-0.4, -0.2) is 16.1 Å². The summed E-state index contributed by atoms with van der Waals surface area (Å²) < 4.78 is 23.7. The fourth-order valence-electron chi connectivity index (χ4n) is 1.33. The Labute approximate surface area is 130 Å². The maximum absolute atomic E-state index is 13.7. The second-order valence-electron chi connectivity index (χ2n) is 3.53. The summed E-state index contributed by atoms with van der Waals surface area (Å²) in [6.45, 7) is 0. The zero-order valence-electron chi connectivity index (χ0n) is 10.3. The van der Waals surface area contributed by atoms with E-state index in [9.17, 15) is 9.18 Å². The Hall–Kier alpha value is -2.66. The van der Waals surface area contributed by atoms with E-state index in [1.165, 1.54) is 18.5 Å². The molecule has 21 heavy (non-hydrogen) atoms. The monoisotopic (exact) mass is 355 g/mol. The maximum atomic E-state index is 13.7. The van der Waals surface area contributed by atoms with Gasteiger partial charge in [0.05, 0.1) is 10.2 Å². The molecule has 1 N–H and O–H groups in total. The fourth-order valence-corrected chi connectivity index (χ4v) is 1.72. The van der Waals surface area contributed by atoms with Gasteiger partial charge in [-0.2, -0.15) is 0 Å². The lowest BCUT2D eigenvalue weighted by Gasteiger charge is -2.09. The van der Waals surface area contributed by atoms with Gasteiger partial charge >= 0.3 is 12.1 Å². The van der Waals surface area contributed by atoms with Crippen molar-refractivity contribution in [2.24, 2.45) is 0 Å². The van der Waals surface area contributed by atoms with Crippen LogP contribution in [0.1, 0.15) is 2.85 Å². The SMILES string of the molecule is C#COC(=O)Nc1cc(Oc2ncccn2)c(Br)cc1F.[HH].[HH]. The number of hydrogen-bond donors (Lipinski definition) is 1. The minimum absolute atomic E-state index is 0. The molecule has 0 fully saturated rings. The molecule has 0 aliphatic carbocycles. The number of benzene rings is 1. The number of rotatable bonds is 3. The van der Waals surface area contributed by atoms with E-state index in [1.54, 1.807) is 12.2 Å². The molecule has 0 saturated heterocycles. The Morgan fingerprint density at radius 1 is 1.43 bits per heavy atom. The molecule has 1 aromatic heterocycles. The van der Waals surface area contributed by atoms with Crippen LogP contribution >= 0.6 is 15.9 Å². The molecule has 0 aliphatic heterocycles. The zero-order valence-corrected chi connectivity index (χ0v) is 11.9. The number of halogens is 2. The van der Waals surface area contributed by atoms with Crippen molar-refractivity contribution in [2.75, 3.05) is 5.32 Å². The summed E-state index contributed by atoms with van der Waals surface area (Å²) in [5.41, 5.74) is -0.163. The number of nitrogens with one attached hydrogen (secondary N) is 1. The normalized spacial score (nSPS) is 9.57. The molecule has 0 saturated carbocycles. The lowest BCUT2D eigenvalue weighted by atomic mass is 10.3. The van der Waals surface area contributed by atoms with Crippen molar-refractivity contribution in [1.29, 1.82) is 0 Å². The van der Waals surface area contributed by atoms with Crippen molar-refractivity contribution in [3.05, 3.63) is 40.9 Å². The second-order valence-corrected chi connectivity index (χ2v) is 4.38. The third-order valence-corrected chi connectivity index (χ3v) is 2.77. The van der Waals surface area contributed by atoms with Crippen molar-refractivity contribution in [1.82, 2.24) is 9.97 Å². The Balaban J connectivity index is 0.00000242. The highest BCUT2D eigenvalue weighted by molar-refractivity contribution is 9.10. The van der Waals surface area contributed by atoms with Gasteiger partial charge in [0.1, 0.15) is 17.7 Å². The van der Waals surface area contributed by atoms with E-state index in [-0.39, 0.29) is 20.3 Å². The van der Waals surface area contributed by atoms with E-state index < -0.39 is 11.9 Å². The van der Waals surface area contributed by atoms with Crippen LogP contribution in [-0.2, 0) is 4.74 Å². The number of ether oxygens (including phenoxy) is 2. The highest BCUT2D eigenvalue weighted by Gasteiger charge is 2.13. The molecular formula is C13H11BrFN3O3. The molecule has 0 spiro atoms. The maximum Gasteiger partial charge on any atom is 0.425 e. The van der Waals surface area contributed by atoms with Crippen LogP contribution in [0, 0.1) is 18.3 Å². The molecule has 0 unspecified atom stereocenters. The number of aromatic nitrogens is 2. The molecule has 0 bridgehead atoms. The number of terminal acetylenes is 1. The summed E-state index contributed by atoms with van der Waals surface area (Å²) >= 11 is 3.14. The first-order valence-corrected chi connectivity index (χ1v) is 6.27. The molecular weight excluding hydrogens is 345 g/mol. The van der Waals surface area contributed by atoms with Crippen LogP contribution in [0.25, 0.3) is 0 Å². The number of amides is 1. The summed E-state index contributed by atoms with van der Waals surface area (Å²) in [6.07, 6.45) is 8.47. The molecule has 110 valence electrons. The van der Waals surface area contributed by atoms with Gasteiger partial charge in [0.2, 0.25) is 0 Å². The van der Waals surface area contributed by atoms with Crippen LogP contribution in [0.15, 0.2) is 35.1 Å². The van der Waals surface area contributed by atoms with Crippen molar-refractivity contribution in [3.8, 4) is 24.3 Å². The lowest BCUT2D eigenvalue weighted by molar-refractivity contribution is 0.207. The van der Waals surface area contributed by atoms with E-state index in [2.05, 4.69) is 36.0 Å². The summed E-state index contributed by atoms with van der Waals surface area (Å²) in [6, 6.07) is 4.05. The summed E-state index contributed by atoms with van der Waals surface area (Å²) in [4.78, 5) is 18.9. The third-order valence-electron chi connectivity index (χ3n) is 2.15. The van der Waals surface area contributed by atoms with Gasteiger partial charge in [-0.1, -0.05) is 6.42 Å². The number of carbonyl (C=O) groups is 1. The van der Waals surface area contributed by atoms with Gasteiger partial charge in [0, 0.05) is 21.3 Å². The highest BCUT2D eigenvalue weighted by atomic mass is 79.9. The van der Waals surface area contributed by atoms with Crippen LogP contribution in [0.4, 0.5) is 14.9 Å². The quantitative estimate of drug-likeness (QED) is 0.847. The zero-order chi connectivity index (χ0) is 15.2. The Kier molecular flexibility index (Phi) is 4.68. The van der Waals surface area contributed by atoms with Crippen LogP contribution in [0.5, 0.6) is 11.8 Å². The number of hydrogen-bond acceptors (Lipinski definition) is 5. The van der Waals surface area contributed by atoms with Gasteiger partial charge in [0.15, 0.2) is 0 Å². The van der Waals surface area contributed by atoms with E-state index in [4.69, 9.17) is 11.2 Å². The molecule has 0 radical (unpaired) electrons. The Morgan fingerprint density at radius 2 is 2.14 bits per heavy atom. The van der Waals surface area contributed by atoms with Gasteiger partial charge in [0.25, 0.3) is 0 Å². The summed E-state index contributed by atoms with van der Waals surface area (Å²) in [5, 5.41) is 2.14. The molecule has 1 aromatic carbocycles. The molecule has 1 heterocycles. The fraction of sp³-hybridized carbons (Fsp3) is 0. The lowest BCUT2D eigenvalue weighted by Crippen LogP contribution is -2.12. The molecule has 0 atom stereocenters. The molecule has 2 aromatic rings. The first kappa shape index (κ1) is 14.7. The number of nitrogens with zero attached hydrogens (tertiary/aromatic N) is 2.